The summed E-state index contributed by atoms with van der Waals surface area (Å²) in [6.07, 6.45) is 3.59. The number of hydrogen-bond donors (Lipinski definition) is 1. The average Bonchev–Trinajstić information content (AvgIpc) is 3.42. The second-order valence-corrected chi connectivity index (χ2v) is 13.8. The lowest BCUT2D eigenvalue weighted by Crippen LogP contribution is -2.58. The van der Waals surface area contributed by atoms with Gasteiger partial charge in [0.25, 0.3) is 11.8 Å². The van der Waals surface area contributed by atoms with Crippen LogP contribution in [0.25, 0.3) is 0 Å². The molecule has 1 atom stereocenters. The van der Waals surface area contributed by atoms with Crippen LogP contribution in [-0.4, -0.2) is 108 Å². The molecular formula is C31H41N5O6. The molecule has 0 aliphatic carbocycles. The smallest absolute Gasteiger partial charge is 0.320 e. The average molecular weight is 580 g/mol. The highest BCUT2D eigenvalue weighted by atomic mass is 16.6. The number of piperidine rings is 2. The Morgan fingerprint density at radius 1 is 0.952 bits per heavy atom. The summed E-state index contributed by atoms with van der Waals surface area (Å²) in [5.41, 5.74) is 1.35. The Labute approximate surface area is 246 Å². The molecule has 0 bridgehead atoms. The highest BCUT2D eigenvalue weighted by Gasteiger charge is 2.49. The van der Waals surface area contributed by atoms with Crippen molar-refractivity contribution in [3.63, 3.8) is 0 Å². The van der Waals surface area contributed by atoms with Crippen molar-refractivity contribution in [3.8, 4) is 0 Å². The van der Waals surface area contributed by atoms with E-state index < -0.39 is 29.4 Å². The summed E-state index contributed by atoms with van der Waals surface area (Å²) in [6.45, 7) is 13.0. The molecule has 1 aromatic rings. The summed E-state index contributed by atoms with van der Waals surface area (Å²) in [7, 11) is 0. The first-order valence-corrected chi connectivity index (χ1v) is 15.2. The number of rotatable bonds is 6. The van der Waals surface area contributed by atoms with Crippen molar-refractivity contribution in [3.05, 3.63) is 29.3 Å². The number of nitrogens with zero attached hydrogens (tertiary/aromatic N) is 4. The fraction of sp³-hybridized carbons (Fsp3) is 0.645. The van der Waals surface area contributed by atoms with Gasteiger partial charge in [0.15, 0.2) is 0 Å². The lowest BCUT2D eigenvalue weighted by atomic mass is 9.78. The van der Waals surface area contributed by atoms with Gasteiger partial charge < -0.3 is 14.5 Å². The van der Waals surface area contributed by atoms with Crippen molar-refractivity contribution in [2.75, 3.05) is 57.3 Å². The van der Waals surface area contributed by atoms with Crippen LogP contribution in [0.1, 0.15) is 73.6 Å². The number of imide groups is 2. The van der Waals surface area contributed by atoms with Crippen LogP contribution in [-0.2, 0) is 19.1 Å². The lowest BCUT2D eigenvalue weighted by molar-refractivity contribution is -0.156. The first-order chi connectivity index (χ1) is 19.9. The van der Waals surface area contributed by atoms with Gasteiger partial charge in [-0.3, -0.25) is 39.1 Å². The maximum Gasteiger partial charge on any atom is 0.320 e. The Balaban J connectivity index is 0.988. The quantitative estimate of drug-likeness (QED) is 0.396. The second-order valence-electron chi connectivity index (χ2n) is 13.8. The van der Waals surface area contributed by atoms with Gasteiger partial charge in [0, 0.05) is 43.7 Å². The molecule has 4 fully saturated rings. The van der Waals surface area contributed by atoms with E-state index in [1.54, 1.807) is 12.1 Å². The van der Waals surface area contributed by atoms with Gasteiger partial charge in [-0.25, -0.2) is 0 Å². The van der Waals surface area contributed by atoms with Crippen LogP contribution in [0.2, 0.25) is 0 Å². The Kier molecular flexibility index (Phi) is 7.37. The van der Waals surface area contributed by atoms with E-state index in [0.717, 1.165) is 75.7 Å². The Morgan fingerprint density at radius 3 is 2.36 bits per heavy atom. The maximum absolute atomic E-state index is 13.2. The van der Waals surface area contributed by atoms with Crippen molar-refractivity contribution >= 4 is 35.3 Å². The van der Waals surface area contributed by atoms with E-state index in [2.05, 4.69) is 20.0 Å². The molecule has 1 spiro atoms. The molecule has 11 nitrogen and oxygen atoms in total. The number of benzene rings is 1. The van der Waals surface area contributed by atoms with Crippen molar-refractivity contribution < 1.29 is 28.7 Å². The molecule has 1 unspecified atom stereocenters. The predicted octanol–water partition coefficient (Wildman–Crippen LogP) is 1.65. The maximum atomic E-state index is 13.2. The molecule has 0 radical (unpaired) electrons. The molecule has 1 aromatic carbocycles. The number of amides is 4. The van der Waals surface area contributed by atoms with E-state index >= 15 is 0 Å². The first kappa shape index (κ1) is 28.8. The van der Waals surface area contributed by atoms with Crippen molar-refractivity contribution in [2.45, 2.75) is 64.5 Å². The number of esters is 1. The van der Waals surface area contributed by atoms with Gasteiger partial charge in [-0.1, -0.05) is 0 Å². The SMILES string of the molecule is CC(C)(C)OC(=O)CN1CCC(CN2CCC3(C2)CN(c2ccc4c(c2)C(=O)N(C2CCC(=O)NC2=O)C4=O)C3)CC1. The van der Waals surface area contributed by atoms with E-state index in [-0.39, 0.29) is 30.1 Å². The third-order valence-electron chi connectivity index (χ3n) is 9.35. The zero-order valence-electron chi connectivity index (χ0n) is 24.8. The summed E-state index contributed by atoms with van der Waals surface area (Å²) in [5.74, 6) is -1.43. The number of likely N-dealkylation sites (tertiary alicyclic amines) is 2. The van der Waals surface area contributed by atoms with E-state index in [4.69, 9.17) is 4.74 Å². The van der Waals surface area contributed by atoms with Gasteiger partial charge in [0.2, 0.25) is 11.8 Å². The third-order valence-corrected chi connectivity index (χ3v) is 9.35. The summed E-state index contributed by atoms with van der Waals surface area (Å²) < 4.78 is 5.47. The van der Waals surface area contributed by atoms with Gasteiger partial charge in [-0.05, 0) is 90.2 Å². The molecule has 4 saturated heterocycles. The van der Waals surface area contributed by atoms with E-state index in [0.29, 0.717) is 23.6 Å². The largest absolute Gasteiger partial charge is 0.459 e. The summed E-state index contributed by atoms with van der Waals surface area (Å²) in [6, 6.07) is 4.42. The Bertz CT molecular complexity index is 1310. The molecule has 5 aliphatic rings. The summed E-state index contributed by atoms with van der Waals surface area (Å²) in [5, 5.41) is 2.24. The van der Waals surface area contributed by atoms with Crippen LogP contribution in [0.5, 0.6) is 0 Å². The molecule has 6 rings (SSSR count). The van der Waals surface area contributed by atoms with Crippen molar-refractivity contribution in [1.29, 1.82) is 0 Å². The molecule has 226 valence electrons. The highest BCUT2D eigenvalue weighted by molar-refractivity contribution is 6.23. The van der Waals surface area contributed by atoms with Gasteiger partial charge in [0.1, 0.15) is 11.6 Å². The number of ether oxygens (including phenoxy) is 1. The minimum atomic E-state index is -0.951. The van der Waals surface area contributed by atoms with Gasteiger partial charge in [-0.2, -0.15) is 0 Å². The van der Waals surface area contributed by atoms with Crippen LogP contribution >= 0.6 is 0 Å². The van der Waals surface area contributed by atoms with Gasteiger partial charge >= 0.3 is 5.97 Å². The number of fused-ring (bicyclic) bond motifs is 1. The Morgan fingerprint density at radius 2 is 1.67 bits per heavy atom. The number of carbonyl (C=O) groups is 5. The van der Waals surface area contributed by atoms with E-state index in [9.17, 15) is 24.0 Å². The molecular weight excluding hydrogens is 538 g/mol. The fourth-order valence-corrected chi connectivity index (χ4v) is 7.29. The third kappa shape index (κ3) is 5.68. The van der Waals surface area contributed by atoms with Crippen LogP contribution in [0.15, 0.2) is 18.2 Å². The zero-order chi connectivity index (χ0) is 29.8. The normalized spacial score (nSPS) is 25.2. The van der Waals surface area contributed by atoms with Crippen molar-refractivity contribution in [2.24, 2.45) is 11.3 Å². The minimum absolute atomic E-state index is 0.106. The van der Waals surface area contributed by atoms with Crippen LogP contribution in [0.3, 0.4) is 0 Å². The van der Waals surface area contributed by atoms with Crippen molar-refractivity contribution in [1.82, 2.24) is 20.0 Å². The van der Waals surface area contributed by atoms with Gasteiger partial charge in [-0.15, -0.1) is 0 Å². The number of carbonyl (C=O) groups excluding carboxylic acids is 5. The molecule has 4 amide bonds. The molecule has 5 aliphatic heterocycles. The highest BCUT2D eigenvalue weighted by Crippen LogP contribution is 2.43. The summed E-state index contributed by atoms with van der Waals surface area (Å²) >= 11 is 0. The van der Waals surface area contributed by atoms with E-state index in [1.165, 1.54) is 0 Å². The molecule has 0 aromatic heterocycles. The number of nitrogens with one attached hydrogen (secondary N) is 1. The second kappa shape index (κ2) is 10.8. The molecule has 0 saturated carbocycles. The zero-order valence-corrected chi connectivity index (χ0v) is 24.8. The number of anilines is 1. The molecule has 1 N–H and O–H groups in total. The predicted molar refractivity (Wildman–Crippen MR) is 154 cm³/mol. The first-order valence-electron chi connectivity index (χ1n) is 15.2. The Hall–Kier alpha value is -3.31. The fourth-order valence-electron chi connectivity index (χ4n) is 7.29. The molecule has 5 heterocycles. The van der Waals surface area contributed by atoms with E-state index in [1.807, 2.05) is 26.8 Å². The standard InChI is InChI=1S/C31H41N5O6/c1-30(2,3)42-26(38)16-33-11-8-20(9-12-33)15-34-13-10-31(17-34)18-35(19-31)21-4-5-22-23(14-21)29(41)36(28(22)40)24-6-7-25(37)32-27(24)39/h4-5,14,20,24H,6-13,15-19H2,1-3H3,(H,32,37,39). The van der Waals surface area contributed by atoms with Gasteiger partial charge in [0.05, 0.1) is 17.7 Å². The minimum Gasteiger partial charge on any atom is -0.459 e. The number of hydrogen-bond acceptors (Lipinski definition) is 9. The molecule has 42 heavy (non-hydrogen) atoms. The topological polar surface area (TPSA) is 120 Å². The summed E-state index contributed by atoms with van der Waals surface area (Å²) in [4.78, 5) is 70.4. The monoisotopic (exact) mass is 579 g/mol. The molecule has 11 heteroatoms. The van der Waals surface area contributed by atoms with Crippen LogP contribution in [0, 0.1) is 11.3 Å². The van der Waals surface area contributed by atoms with Crippen LogP contribution < -0.4 is 10.2 Å². The van der Waals surface area contributed by atoms with Crippen LogP contribution in [0.4, 0.5) is 5.69 Å². The lowest BCUT2D eigenvalue weighted by Gasteiger charge is -2.49.